The van der Waals surface area contributed by atoms with Gasteiger partial charge in [0.1, 0.15) is 0 Å². The van der Waals surface area contributed by atoms with Crippen molar-refractivity contribution in [3.8, 4) is 0 Å². The maximum atomic E-state index is 5.63. The van der Waals surface area contributed by atoms with Crippen LogP contribution in [0.3, 0.4) is 0 Å². The van der Waals surface area contributed by atoms with Gasteiger partial charge in [0.2, 0.25) is 0 Å². The van der Waals surface area contributed by atoms with Crippen molar-refractivity contribution in [2.75, 3.05) is 13.8 Å². The molecule has 3 rings (SSSR count). The largest absolute Gasteiger partial charge is 0.360 e. The molecule has 0 spiro atoms. The number of nitrogens with one attached hydrogen (secondary N) is 1. The first kappa shape index (κ1) is 6.62. The van der Waals surface area contributed by atoms with Crippen LogP contribution in [0.1, 0.15) is 26.2 Å². The molecule has 2 bridgehead atoms. The highest BCUT2D eigenvalue weighted by atomic mass is 16.5. The Bertz CT molecular complexity index is 136. The molecule has 1 N–H and O–H groups in total. The van der Waals surface area contributed by atoms with Gasteiger partial charge in [-0.15, -0.1) is 0 Å². The van der Waals surface area contributed by atoms with Gasteiger partial charge in [0.15, 0.2) is 0 Å². The van der Waals surface area contributed by atoms with Gasteiger partial charge in [-0.2, -0.15) is 0 Å². The van der Waals surface area contributed by atoms with Crippen molar-refractivity contribution in [2.24, 2.45) is 5.41 Å². The fraction of sp³-hybridized carbons (Fsp3) is 1.00. The van der Waals surface area contributed by atoms with E-state index in [1.54, 1.807) is 0 Å². The van der Waals surface area contributed by atoms with Crippen LogP contribution in [-0.2, 0) is 4.74 Å². The van der Waals surface area contributed by atoms with Crippen LogP contribution < -0.4 is 5.32 Å². The molecule has 0 aromatic heterocycles. The van der Waals surface area contributed by atoms with Gasteiger partial charge in [-0.1, -0.05) is 6.92 Å². The second kappa shape index (κ2) is 1.74. The van der Waals surface area contributed by atoms with Crippen LogP contribution in [0, 0.1) is 5.41 Å². The summed E-state index contributed by atoms with van der Waals surface area (Å²) in [4.78, 5) is 0. The molecule has 58 valence electrons. The first-order valence-corrected chi connectivity index (χ1v) is 3.97. The van der Waals surface area contributed by atoms with E-state index in [0.29, 0.717) is 11.0 Å². The second-order valence-electron chi connectivity index (χ2n) is 4.17. The van der Waals surface area contributed by atoms with E-state index in [2.05, 4.69) is 12.2 Å². The molecule has 0 unspecified atom stereocenters. The molecule has 3 aliphatic rings. The topological polar surface area (TPSA) is 21.3 Å². The Morgan fingerprint density at radius 2 is 2.00 bits per heavy atom. The highest BCUT2D eigenvalue weighted by Crippen LogP contribution is 2.68. The van der Waals surface area contributed by atoms with Crippen LogP contribution in [0.5, 0.6) is 0 Å². The molecule has 3 aliphatic carbocycles. The van der Waals surface area contributed by atoms with Crippen LogP contribution in [0.2, 0.25) is 0 Å². The molecule has 0 heterocycles. The quantitative estimate of drug-likeness (QED) is 0.595. The number of hydrogen-bond donors (Lipinski definition) is 1. The Hall–Kier alpha value is -0.0800. The predicted molar refractivity (Wildman–Crippen MR) is 39.7 cm³/mol. The molecule has 10 heavy (non-hydrogen) atoms. The minimum absolute atomic E-state index is 0.317. The SMILES string of the molecule is CNCOC12CC(C)(C1)C2. The zero-order chi connectivity index (χ0) is 7.24. The van der Waals surface area contributed by atoms with E-state index in [-0.39, 0.29) is 0 Å². The van der Waals surface area contributed by atoms with Crippen molar-refractivity contribution < 1.29 is 4.74 Å². The highest BCUT2D eigenvalue weighted by molar-refractivity contribution is 5.17. The average molecular weight is 141 g/mol. The Morgan fingerprint density at radius 3 is 2.40 bits per heavy atom. The summed E-state index contributed by atoms with van der Waals surface area (Å²) in [5, 5.41) is 3.01. The summed E-state index contributed by atoms with van der Waals surface area (Å²) in [5.74, 6) is 0. The molecule has 0 aliphatic heterocycles. The van der Waals surface area contributed by atoms with Crippen molar-refractivity contribution in [1.82, 2.24) is 5.32 Å². The molecule has 3 saturated carbocycles. The van der Waals surface area contributed by atoms with Crippen LogP contribution in [0.4, 0.5) is 0 Å². The lowest BCUT2D eigenvalue weighted by atomic mass is 9.42. The molecule has 0 atom stereocenters. The maximum Gasteiger partial charge on any atom is 0.0970 e. The van der Waals surface area contributed by atoms with Gasteiger partial charge in [-0.05, 0) is 31.7 Å². The fourth-order valence-corrected chi connectivity index (χ4v) is 2.56. The summed E-state index contributed by atoms with van der Waals surface area (Å²) in [5.41, 5.74) is 0.992. The van der Waals surface area contributed by atoms with Crippen LogP contribution in [0.15, 0.2) is 0 Å². The van der Waals surface area contributed by atoms with Gasteiger partial charge in [0.25, 0.3) is 0 Å². The minimum Gasteiger partial charge on any atom is -0.360 e. The normalized spacial score (nSPS) is 49.8. The lowest BCUT2D eigenvalue weighted by Gasteiger charge is -2.68. The smallest absolute Gasteiger partial charge is 0.0970 e. The van der Waals surface area contributed by atoms with Crippen molar-refractivity contribution in [2.45, 2.75) is 31.8 Å². The molecule has 0 amide bonds. The fourth-order valence-electron chi connectivity index (χ4n) is 2.56. The van der Waals surface area contributed by atoms with Gasteiger partial charge < -0.3 is 4.74 Å². The molecule has 2 nitrogen and oxygen atoms in total. The third-order valence-electron chi connectivity index (χ3n) is 2.77. The molecular formula is C8H15NO. The average Bonchev–Trinajstić information content (AvgIpc) is 1.75. The number of hydrogen-bond acceptors (Lipinski definition) is 2. The van der Waals surface area contributed by atoms with Crippen LogP contribution in [0.25, 0.3) is 0 Å². The summed E-state index contributed by atoms with van der Waals surface area (Å²) in [6.07, 6.45) is 3.88. The van der Waals surface area contributed by atoms with E-state index >= 15 is 0 Å². The van der Waals surface area contributed by atoms with Gasteiger partial charge in [0.05, 0.1) is 12.3 Å². The van der Waals surface area contributed by atoms with E-state index < -0.39 is 0 Å². The standard InChI is InChI=1S/C8H15NO/c1-7-3-8(4-7,5-7)10-6-9-2/h9H,3-6H2,1-2H3. The zero-order valence-electron chi connectivity index (χ0n) is 6.74. The highest BCUT2D eigenvalue weighted by Gasteiger charge is 2.66. The predicted octanol–water partition coefficient (Wildman–Crippen LogP) is 1.12. The third kappa shape index (κ3) is 0.722. The van der Waals surface area contributed by atoms with Gasteiger partial charge in [0, 0.05) is 0 Å². The van der Waals surface area contributed by atoms with Crippen molar-refractivity contribution in [3.63, 3.8) is 0 Å². The first-order chi connectivity index (χ1) is 4.68. The van der Waals surface area contributed by atoms with E-state index in [1.807, 2.05) is 7.05 Å². The van der Waals surface area contributed by atoms with Crippen molar-refractivity contribution in [1.29, 1.82) is 0 Å². The summed E-state index contributed by atoms with van der Waals surface area (Å²) < 4.78 is 5.63. The van der Waals surface area contributed by atoms with E-state index in [4.69, 9.17) is 4.74 Å². The van der Waals surface area contributed by atoms with Crippen molar-refractivity contribution in [3.05, 3.63) is 0 Å². The molecule has 0 saturated heterocycles. The summed E-state index contributed by atoms with van der Waals surface area (Å²) in [6.45, 7) is 3.06. The Kier molecular flexibility index (Phi) is 1.15. The molecule has 0 radical (unpaired) electrons. The van der Waals surface area contributed by atoms with Gasteiger partial charge in [-0.25, -0.2) is 0 Å². The maximum absolute atomic E-state index is 5.63. The summed E-state index contributed by atoms with van der Waals surface area (Å²) in [7, 11) is 1.92. The molecule has 0 aromatic carbocycles. The lowest BCUT2D eigenvalue weighted by molar-refractivity contribution is -0.279. The number of ether oxygens (including phenoxy) is 1. The number of rotatable bonds is 3. The third-order valence-corrected chi connectivity index (χ3v) is 2.77. The Labute approximate surface area is 61.9 Å². The molecule has 3 fully saturated rings. The Morgan fingerprint density at radius 1 is 1.40 bits per heavy atom. The molecular weight excluding hydrogens is 126 g/mol. The summed E-state index contributed by atoms with van der Waals surface area (Å²) in [6, 6.07) is 0. The van der Waals surface area contributed by atoms with Crippen LogP contribution in [-0.4, -0.2) is 19.4 Å². The monoisotopic (exact) mass is 141 g/mol. The van der Waals surface area contributed by atoms with Gasteiger partial charge >= 0.3 is 0 Å². The first-order valence-electron chi connectivity index (χ1n) is 3.97. The second-order valence-corrected chi connectivity index (χ2v) is 4.17. The minimum atomic E-state index is 0.317. The van der Waals surface area contributed by atoms with Crippen LogP contribution >= 0.6 is 0 Å². The molecule has 2 heteroatoms. The zero-order valence-corrected chi connectivity index (χ0v) is 6.74. The van der Waals surface area contributed by atoms with E-state index in [1.165, 1.54) is 19.3 Å². The lowest BCUT2D eigenvalue weighted by Crippen LogP contribution is -2.67. The Balaban J connectivity index is 1.77. The van der Waals surface area contributed by atoms with E-state index in [0.717, 1.165) is 6.73 Å². The van der Waals surface area contributed by atoms with Crippen molar-refractivity contribution >= 4 is 0 Å². The molecule has 0 aromatic rings. The summed E-state index contributed by atoms with van der Waals surface area (Å²) >= 11 is 0. The van der Waals surface area contributed by atoms with Gasteiger partial charge in [-0.3, -0.25) is 5.32 Å². The van der Waals surface area contributed by atoms with E-state index in [9.17, 15) is 0 Å².